The number of hydrogen-bond donors (Lipinski definition) is 3. The van der Waals surface area contributed by atoms with Crippen LogP contribution in [0.5, 0.6) is 0 Å². The number of nitrogens with zero attached hydrogens (tertiary/aromatic N) is 1. The average Bonchev–Trinajstić information content (AvgIpc) is 2.35. The first-order valence-corrected chi connectivity index (χ1v) is 7.95. The molecule has 6 nitrogen and oxygen atoms in total. The molecule has 0 aromatic heterocycles. The van der Waals surface area contributed by atoms with Crippen molar-refractivity contribution in [2.24, 2.45) is 0 Å². The largest absolute Gasteiger partial charge is 0.756 e. The van der Waals surface area contributed by atoms with Gasteiger partial charge in [-0.2, -0.15) is 0 Å². The highest BCUT2D eigenvalue weighted by atomic mass is 31.2. The van der Waals surface area contributed by atoms with Gasteiger partial charge in [0.05, 0.1) is 19.6 Å². The third kappa shape index (κ3) is 10.1. The minimum absolute atomic E-state index is 0. The molecule has 5 N–H and O–H groups in total. The number of rotatable bonds is 5. The monoisotopic (exact) mass is 306 g/mol. The molecule has 0 aliphatic rings. The number of hydrogen-bond acceptors (Lipinski definition) is 3. The van der Waals surface area contributed by atoms with Crippen molar-refractivity contribution in [3.05, 3.63) is 35.9 Å². The lowest BCUT2D eigenvalue weighted by Crippen LogP contribution is -2.46. The van der Waals surface area contributed by atoms with E-state index in [0.717, 1.165) is 0 Å². The van der Waals surface area contributed by atoms with Gasteiger partial charge in [-0.15, -0.1) is 0 Å². The topological polar surface area (TPSA) is 116 Å². The molecule has 0 bridgehead atoms. The Kier molecular flexibility index (Phi) is 10.8. The van der Waals surface area contributed by atoms with Crippen molar-refractivity contribution in [2.45, 2.75) is 27.3 Å². The van der Waals surface area contributed by atoms with Crippen LogP contribution in [-0.4, -0.2) is 33.9 Å². The van der Waals surface area contributed by atoms with Gasteiger partial charge in [0.25, 0.3) is 7.82 Å². The summed E-state index contributed by atoms with van der Waals surface area (Å²) in [6.07, 6.45) is 0. The molecule has 0 amide bonds. The van der Waals surface area contributed by atoms with E-state index in [2.05, 4.69) is 51.1 Å². The summed E-state index contributed by atoms with van der Waals surface area (Å²) in [7, 11) is -4.89. The fraction of sp³-hybridized carbons (Fsp3) is 0.538. The van der Waals surface area contributed by atoms with Crippen LogP contribution in [0.3, 0.4) is 0 Å². The normalized spacial score (nSPS) is 11.1. The van der Waals surface area contributed by atoms with Gasteiger partial charge in [-0.25, -0.2) is 0 Å². The maximum atomic E-state index is 8.77. The van der Waals surface area contributed by atoms with Crippen LogP contribution in [0, 0.1) is 0 Å². The SMILES string of the molecule is CC[N+](CC)(CC)Cc1ccccc1.N.O=P([O-])(O)O. The number of quaternary nitrogens is 1. The number of benzene rings is 1. The predicted octanol–water partition coefficient (Wildman–Crippen LogP) is 1.66. The van der Waals surface area contributed by atoms with E-state index in [-0.39, 0.29) is 6.15 Å². The van der Waals surface area contributed by atoms with Crippen molar-refractivity contribution >= 4 is 7.82 Å². The Morgan fingerprint density at radius 3 is 1.70 bits per heavy atom. The van der Waals surface area contributed by atoms with Crippen molar-refractivity contribution in [3.8, 4) is 0 Å². The zero-order chi connectivity index (χ0) is 14.9. The molecule has 1 aromatic rings. The molecule has 1 aromatic carbocycles. The van der Waals surface area contributed by atoms with Gasteiger partial charge in [0, 0.05) is 5.56 Å². The molecule has 0 saturated carbocycles. The zero-order valence-corrected chi connectivity index (χ0v) is 13.4. The van der Waals surface area contributed by atoms with Gasteiger partial charge in [-0.1, -0.05) is 30.3 Å². The van der Waals surface area contributed by atoms with E-state index in [9.17, 15) is 0 Å². The summed E-state index contributed by atoms with van der Waals surface area (Å²) in [4.78, 5) is 22.9. The third-order valence-corrected chi connectivity index (χ3v) is 3.37. The maximum absolute atomic E-state index is 8.77. The summed E-state index contributed by atoms with van der Waals surface area (Å²) >= 11 is 0. The van der Waals surface area contributed by atoms with Crippen molar-refractivity contribution < 1.29 is 23.7 Å². The molecule has 0 saturated heterocycles. The van der Waals surface area contributed by atoms with Crippen molar-refractivity contribution in [1.29, 1.82) is 0 Å². The fourth-order valence-electron chi connectivity index (χ4n) is 1.98. The molecular formula is C13H27N2O4P. The lowest BCUT2D eigenvalue weighted by molar-refractivity contribution is -0.936. The molecule has 0 aliphatic heterocycles. The highest BCUT2D eigenvalue weighted by Gasteiger charge is 2.20. The van der Waals surface area contributed by atoms with Gasteiger partial charge in [-0.3, -0.25) is 4.57 Å². The molecule has 0 spiro atoms. The standard InChI is InChI=1S/C13H22N.H3N.H3O4P/c1-4-14(5-2,6-3)12-13-10-8-7-9-11-13;;1-5(2,3)4/h7-11H,4-6,12H2,1-3H3;1H3;(H3,1,2,3,4)/q+1;;/p-1. The molecule has 1 rings (SSSR count). The van der Waals surface area contributed by atoms with Crippen LogP contribution in [-0.2, 0) is 11.1 Å². The van der Waals surface area contributed by atoms with Crippen LogP contribution in [0.2, 0.25) is 0 Å². The van der Waals surface area contributed by atoms with Crippen molar-refractivity contribution in [1.82, 2.24) is 6.15 Å². The molecule has 118 valence electrons. The van der Waals surface area contributed by atoms with E-state index in [4.69, 9.17) is 19.2 Å². The van der Waals surface area contributed by atoms with Gasteiger partial charge in [-0.05, 0) is 20.8 Å². The summed E-state index contributed by atoms with van der Waals surface area (Å²) in [6.45, 7) is 11.7. The smallest absolute Gasteiger partial charge is 0.262 e. The van der Waals surface area contributed by atoms with E-state index >= 15 is 0 Å². The molecule has 20 heavy (non-hydrogen) atoms. The van der Waals surface area contributed by atoms with E-state index in [1.165, 1.54) is 36.2 Å². The van der Waals surface area contributed by atoms with Gasteiger partial charge in [0.2, 0.25) is 0 Å². The lowest BCUT2D eigenvalue weighted by atomic mass is 10.2. The Labute approximate surface area is 121 Å². The minimum Gasteiger partial charge on any atom is -0.756 e. The first-order valence-electron chi connectivity index (χ1n) is 6.42. The van der Waals surface area contributed by atoms with E-state index in [1.54, 1.807) is 0 Å². The van der Waals surface area contributed by atoms with E-state index in [1.807, 2.05) is 0 Å². The quantitative estimate of drug-likeness (QED) is 0.565. The van der Waals surface area contributed by atoms with Crippen molar-refractivity contribution in [2.75, 3.05) is 19.6 Å². The minimum atomic E-state index is -4.89. The Morgan fingerprint density at radius 1 is 1.05 bits per heavy atom. The van der Waals surface area contributed by atoms with E-state index < -0.39 is 7.82 Å². The molecule has 7 heteroatoms. The maximum Gasteiger partial charge on any atom is 0.262 e. The summed E-state index contributed by atoms with van der Waals surface area (Å²) < 4.78 is 9.97. The molecular weight excluding hydrogens is 279 g/mol. The van der Waals surface area contributed by atoms with Crippen LogP contribution in [0.25, 0.3) is 0 Å². The highest BCUT2D eigenvalue weighted by Crippen LogP contribution is 2.19. The fourth-order valence-corrected chi connectivity index (χ4v) is 1.98. The van der Waals surface area contributed by atoms with Gasteiger partial charge in [0.15, 0.2) is 0 Å². The Bertz CT molecular complexity index is 374. The second kappa shape index (κ2) is 10.0. The summed E-state index contributed by atoms with van der Waals surface area (Å²) in [5.41, 5.74) is 1.46. The molecule has 0 radical (unpaired) electrons. The summed E-state index contributed by atoms with van der Waals surface area (Å²) in [5, 5.41) is 0. The second-order valence-corrected chi connectivity index (χ2v) is 5.41. The first kappa shape index (κ1) is 21.5. The van der Waals surface area contributed by atoms with Crippen LogP contribution >= 0.6 is 7.82 Å². The van der Waals surface area contributed by atoms with Gasteiger partial charge < -0.3 is 25.3 Å². The van der Waals surface area contributed by atoms with Crippen LogP contribution in [0.1, 0.15) is 26.3 Å². The Balaban J connectivity index is 0. The first-order chi connectivity index (χ1) is 8.76. The zero-order valence-electron chi connectivity index (χ0n) is 12.5. The van der Waals surface area contributed by atoms with Gasteiger partial charge in [0.1, 0.15) is 6.54 Å². The molecule has 0 heterocycles. The second-order valence-electron chi connectivity index (χ2n) is 4.42. The van der Waals surface area contributed by atoms with Crippen LogP contribution < -0.4 is 11.0 Å². The number of phosphoric acid groups is 1. The summed E-state index contributed by atoms with van der Waals surface area (Å²) in [6, 6.07) is 10.8. The Morgan fingerprint density at radius 2 is 1.40 bits per heavy atom. The molecule has 0 unspecified atom stereocenters. The molecule has 0 atom stereocenters. The third-order valence-electron chi connectivity index (χ3n) is 3.37. The van der Waals surface area contributed by atoms with Crippen LogP contribution in [0.4, 0.5) is 0 Å². The van der Waals surface area contributed by atoms with E-state index in [0.29, 0.717) is 0 Å². The molecule has 0 fully saturated rings. The Hall–Kier alpha value is -0.750. The highest BCUT2D eigenvalue weighted by molar-refractivity contribution is 7.43. The van der Waals surface area contributed by atoms with Crippen LogP contribution in [0.15, 0.2) is 30.3 Å². The average molecular weight is 306 g/mol. The lowest BCUT2D eigenvalue weighted by Gasteiger charge is -2.35. The van der Waals surface area contributed by atoms with Crippen molar-refractivity contribution in [3.63, 3.8) is 0 Å². The summed E-state index contributed by atoms with van der Waals surface area (Å²) in [5.74, 6) is 0. The predicted molar refractivity (Wildman–Crippen MR) is 79.1 cm³/mol. The van der Waals surface area contributed by atoms with Gasteiger partial charge >= 0.3 is 0 Å². The molecule has 0 aliphatic carbocycles.